The maximum Gasteiger partial charge on any atom is 0.329 e. The Morgan fingerprint density at radius 1 is 0.956 bits per heavy atom. The van der Waals surface area contributed by atoms with Gasteiger partial charge in [0.15, 0.2) is 0 Å². The predicted octanol–water partition coefficient (Wildman–Crippen LogP) is 7.12. The zero-order chi connectivity index (χ0) is 31.9. The molecule has 11 heteroatoms. The summed E-state index contributed by atoms with van der Waals surface area (Å²) < 4.78 is 42.0. The van der Waals surface area contributed by atoms with Crippen LogP contribution in [0.5, 0.6) is 17.4 Å². The number of aromatic nitrogens is 1. The number of carbonyl (C=O) groups excluding carboxylic acids is 1. The van der Waals surface area contributed by atoms with Crippen LogP contribution in [0, 0.1) is 6.92 Å². The molecule has 1 aliphatic carbocycles. The summed E-state index contributed by atoms with van der Waals surface area (Å²) in [4.78, 5) is 12.8. The maximum atomic E-state index is 12.8. The fraction of sp³-hybridized carbons (Fsp3) is 0.265. The van der Waals surface area contributed by atoms with Crippen molar-refractivity contribution in [2.24, 2.45) is 0 Å². The number of halogens is 1. The lowest BCUT2D eigenvalue weighted by Gasteiger charge is -2.19. The minimum Gasteiger partial charge on any atom is -0.494 e. The van der Waals surface area contributed by atoms with Crippen LogP contribution in [0.15, 0.2) is 82.3 Å². The number of carbonyl (C=O) groups is 1. The van der Waals surface area contributed by atoms with Gasteiger partial charge in [-0.05, 0) is 85.3 Å². The van der Waals surface area contributed by atoms with Gasteiger partial charge in [-0.15, -0.1) is 0 Å². The molecule has 0 radical (unpaired) electrons. The van der Waals surface area contributed by atoms with E-state index in [2.05, 4.69) is 26.0 Å². The molecule has 1 heterocycles. The Kier molecular flexibility index (Phi) is 8.17. The number of ether oxygens (including phenoxy) is 2. The summed E-state index contributed by atoms with van der Waals surface area (Å²) in [5.74, 6) is 1.36. The molecule has 1 aliphatic rings. The van der Waals surface area contributed by atoms with Crippen molar-refractivity contribution in [1.82, 2.24) is 14.6 Å². The van der Waals surface area contributed by atoms with E-state index in [1.807, 2.05) is 69.4 Å². The Balaban J connectivity index is 1.28. The number of nitrogens with one attached hydrogen (secondary N) is 2. The monoisotopic (exact) mass is 691 g/mol. The standard InChI is InChI=1S/C34H34BrN3O6S/c1-4-43-30-23-10-6-7-11-24(23)31(44-5-2)29-25(30)20-38(32(29)39)27-15-14-22(18-21(27)3)19-34(16-17-34)36-33(40)37-45(41,42)28-13-9-8-12-26(28)35/h6-15,18,20,39H,4-5,16-17,19H2,1-3H3,(H2,36,37,40). The molecule has 45 heavy (non-hydrogen) atoms. The fourth-order valence-corrected chi connectivity index (χ4v) is 7.83. The van der Waals surface area contributed by atoms with Gasteiger partial charge in [0, 0.05) is 27.0 Å². The minimum atomic E-state index is -4.05. The maximum absolute atomic E-state index is 12.8. The molecule has 4 aromatic carbocycles. The number of aryl methyl sites for hydroxylation is 1. The lowest BCUT2D eigenvalue weighted by molar-refractivity contribution is 0.240. The zero-order valence-electron chi connectivity index (χ0n) is 25.2. The molecule has 0 bridgehead atoms. The summed E-state index contributed by atoms with van der Waals surface area (Å²) in [7, 11) is -4.05. The molecule has 0 aliphatic heterocycles. The van der Waals surface area contributed by atoms with Crippen LogP contribution in [0.1, 0.15) is 37.8 Å². The largest absolute Gasteiger partial charge is 0.494 e. The second kappa shape index (κ2) is 11.9. The summed E-state index contributed by atoms with van der Waals surface area (Å²) in [5.41, 5.74) is 2.15. The first-order valence-electron chi connectivity index (χ1n) is 14.8. The molecule has 0 atom stereocenters. The van der Waals surface area contributed by atoms with Gasteiger partial charge in [0.25, 0.3) is 10.0 Å². The second-order valence-electron chi connectivity index (χ2n) is 11.2. The highest BCUT2D eigenvalue weighted by atomic mass is 79.9. The third-order valence-corrected chi connectivity index (χ3v) is 10.4. The number of hydrogen-bond acceptors (Lipinski definition) is 6. The van der Waals surface area contributed by atoms with Crippen molar-refractivity contribution in [3.63, 3.8) is 0 Å². The van der Waals surface area contributed by atoms with Crippen molar-refractivity contribution in [2.75, 3.05) is 13.2 Å². The zero-order valence-corrected chi connectivity index (χ0v) is 27.6. The van der Waals surface area contributed by atoms with Crippen molar-refractivity contribution < 1.29 is 27.8 Å². The van der Waals surface area contributed by atoms with E-state index in [0.717, 1.165) is 45.8 Å². The van der Waals surface area contributed by atoms with E-state index in [1.165, 1.54) is 6.07 Å². The first kappa shape index (κ1) is 30.8. The van der Waals surface area contributed by atoms with E-state index in [-0.39, 0.29) is 10.8 Å². The lowest BCUT2D eigenvalue weighted by atomic mass is 10.0. The first-order valence-corrected chi connectivity index (χ1v) is 17.1. The van der Waals surface area contributed by atoms with Crippen LogP contribution in [0.3, 0.4) is 0 Å². The van der Waals surface area contributed by atoms with Crippen LogP contribution < -0.4 is 19.5 Å². The van der Waals surface area contributed by atoms with Crippen molar-refractivity contribution in [3.05, 3.63) is 88.5 Å². The highest BCUT2D eigenvalue weighted by Gasteiger charge is 2.44. The summed E-state index contributed by atoms with van der Waals surface area (Å²) >= 11 is 3.23. The van der Waals surface area contributed by atoms with Crippen LogP contribution in [0.25, 0.3) is 27.2 Å². The highest BCUT2D eigenvalue weighted by Crippen LogP contribution is 2.48. The fourth-order valence-electron chi connectivity index (χ4n) is 5.92. The van der Waals surface area contributed by atoms with E-state index in [9.17, 15) is 18.3 Å². The van der Waals surface area contributed by atoms with Crippen molar-refractivity contribution in [3.8, 4) is 23.1 Å². The van der Waals surface area contributed by atoms with Crippen molar-refractivity contribution >= 4 is 53.5 Å². The Bertz CT molecular complexity index is 2050. The molecule has 234 valence electrons. The number of rotatable bonds is 10. The van der Waals surface area contributed by atoms with Gasteiger partial charge in [-0.1, -0.05) is 48.5 Å². The SMILES string of the molecule is CCOc1c2ccccc2c(OCC)c2c(O)n(-c3ccc(CC4(NC(=O)NS(=O)(=O)c5ccccc5Br)CC4)cc3C)cc12. The van der Waals surface area contributed by atoms with E-state index >= 15 is 0 Å². The summed E-state index contributed by atoms with van der Waals surface area (Å²) in [6.07, 6.45) is 3.87. The summed E-state index contributed by atoms with van der Waals surface area (Å²) in [6, 6.07) is 19.4. The summed E-state index contributed by atoms with van der Waals surface area (Å²) in [6.45, 7) is 6.73. The first-order chi connectivity index (χ1) is 21.6. The average molecular weight is 693 g/mol. The number of fused-ring (bicyclic) bond motifs is 2. The van der Waals surface area contributed by atoms with E-state index < -0.39 is 21.6 Å². The predicted molar refractivity (Wildman–Crippen MR) is 178 cm³/mol. The average Bonchev–Trinajstić information content (AvgIpc) is 3.66. The van der Waals surface area contributed by atoms with Gasteiger partial charge >= 0.3 is 6.03 Å². The molecule has 0 unspecified atom stereocenters. The third kappa shape index (κ3) is 5.82. The molecule has 0 saturated heterocycles. The molecule has 1 fully saturated rings. The normalized spacial score (nSPS) is 14.0. The van der Waals surface area contributed by atoms with Gasteiger partial charge in [0.05, 0.1) is 29.7 Å². The van der Waals surface area contributed by atoms with Crippen LogP contribution in [0.2, 0.25) is 0 Å². The lowest BCUT2D eigenvalue weighted by Crippen LogP contribution is -2.46. The van der Waals surface area contributed by atoms with Gasteiger partial charge in [0.2, 0.25) is 5.88 Å². The van der Waals surface area contributed by atoms with Crippen molar-refractivity contribution in [2.45, 2.75) is 50.5 Å². The number of sulfonamides is 1. The molecule has 2 amide bonds. The van der Waals surface area contributed by atoms with E-state index in [0.29, 0.717) is 41.0 Å². The van der Waals surface area contributed by atoms with E-state index in [1.54, 1.807) is 22.8 Å². The molecule has 9 nitrogen and oxygen atoms in total. The molecule has 3 N–H and O–H groups in total. The number of nitrogens with zero attached hydrogens (tertiary/aromatic N) is 1. The quantitative estimate of drug-likeness (QED) is 0.144. The number of urea groups is 1. The Hall–Kier alpha value is -4.22. The second-order valence-corrected chi connectivity index (χ2v) is 13.8. The number of hydrogen-bond donors (Lipinski definition) is 3. The Labute approximate surface area is 270 Å². The molecule has 1 aromatic heterocycles. The number of aromatic hydroxyl groups is 1. The molecule has 0 spiro atoms. The van der Waals surface area contributed by atoms with Crippen molar-refractivity contribution in [1.29, 1.82) is 0 Å². The molecular weight excluding hydrogens is 658 g/mol. The Morgan fingerprint density at radius 2 is 1.60 bits per heavy atom. The minimum absolute atomic E-state index is 0.00742. The Morgan fingerprint density at radius 3 is 2.24 bits per heavy atom. The smallest absolute Gasteiger partial charge is 0.329 e. The molecule has 1 saturated carbocycles. The summed E-state index contributed by atoms with van der Waals surface area (Å²) in [5, 5.41) is 17.6. The molecule has 5 aromatic rings. The van der Waals surface area contributed by atoms with Gasteiger partial charge in [-0.3, -0.25) is 4.57 Å². The van der Waals surface area contributed by atoms with E-state index in [4.69, 9.17) is 9.47 Å². The van der Waals surface area contributed by atoms with Gasteiger partial charge in [-0.2, -0.15) is 0 Å². The van der Waals surface area contributed by atoms with Gasteiger partial charge in [0.1, 0.15) is 16.4 Å². The van der Waals surface area contributed by atoms with Crippen LogP contribution >= 0.6 is 15.9 Å². The van der Waals surface area contributed by atoms with Gasteiger partial charge in [-0.25, -0.2) is 17.9 Å². The highest BCUT2D eigenvalue weighted by molar-refractivity contribution is 9.10. The topological polar surface area (TPSA) is 119 Å². The van der Waals surface area contributed by atoms with Crippen LogP contribution in [0.4, 0.5) is 4.79 Å². The molecule has 6 rings (SSSR count). The van der Waals surface area contributed by atoms with Crippen LogP contribution in [-0.2, 0) is 16.4 Å². The third-order valence-electron chi connectivity index (χ3n) is 8.09. The number of amides is 2. The molecular formula is C34H34BrN3O6S. The number of benzene rings is 4. The van der Waals surface area contributed by atoms with Crippen LogP contribution in [-0.4, -0.2) is 42.9 Å². The van der Waals surface area contributed by atoms with Gasteiger partial charge < -0.3 is 19.9 Å².